The van der Waals surface area contributed by atoms with E-state index in [1.54, 1.807) is 44.0 Å². The normalized spacial score (nSPS) is 12.3. The predicted molar refractivity (Wildman–Crippen MR) is 80.9 cm³/mol. The van der Waals surface area contributed by atoms with Gasteiger partial charge in [0.25, 0.3) is 0 Å². The van der Waals surface area contributed by atoms with Crippen LogP contribution in [0.15, 0.2) is 18.2 Å². The smallest absolute Gasteiger partial charge is 0.161 e. The van der Waals surface area contributed by atoms with Crippen molar-refractivity contribution in [2.45, 2.75) is 26.6 Å². The van der Waals surface area contributed by atoms with E-state index < -0.39 is 6.10 Å². The third-order valence-corrected chi connectivity index (χ3v) is 3.78. The lowest BCUT2D eigenvalue weighted by atomic mass is 10.1. The Morgan fingerprint density at radius 3 is 2.62 bits per heavy atom. The molecule has 0 saturated carbocycles. The molecule has 0 radical (unpaired) electrons. The summed E-state index contributed by atoms with van der Waals surface area (Å²) in [7, 11) is 3.35. The van der Waals surface area contributed by atoms with Crippen molar-refractivity contribution < 1.29 is 14.6 Å². The molecule has 6 heteroatoms. The van der Waals surface area contributed by atoms with Crippen LogP contribution in [0.25, 0.3) is 0 Å². The number of methoxy groups -OCH3 is 1. The second kappa shape index (κ2) is 6.37. The average Bonchev–Trinajstić information content (AvgIpc) is 2.70. The minimum atomic E-state index is -0.553. The van der Waals surface area contributed by atoms with Crippen molar-refractivity contribution in [2.75, 3.05) is 7.11 Å². The number of aromatic nitrogens is 2. The van der Waals surface area contributed by atoms with Crippen molar-refractivity contribution in [3.05, 3.63) is 40.2 Å². The van der Waals surface area contributed by atoms with Crippen LogP contribution in [0.4, 0.5) is 0 Å². The maximum absolute atomic E-state index is 9.59. The average molecular weight is 311 g/mol. The summed E-state index contributed by atoms with van der Waals surface area (Å²) in [6.45, 7) is 3.90. The molecular weight excluding hydrogens is 292 g/mol. The Labute approximate surface area is 129 Å². The molecule has 1 aromatic heterocycles. The van der Waals surface area contributed by atoms with E-state index in [2.05, 4.69) is 5.10 Å². The molecule has 114 valence electrons. The number of aliphatic hydroxyl groups excluding tert-OH is 1. The van der Waals surface area contributed by atoms with E-state index >= 15 is 0 Å². The van der Waals surface area contributed by atoms with Crippen molar-refractivity contribution >= 4 is 11.6 Å². The fraction of sp³-hybridized carbons (Fsp3) is 0.400. The molecule has 0 fully saturated rings. The number of hydrogen-bond acceptors (Lipinski definition) is 4. The summed E-state index contributed by atoms with van der Waals surface area (Å²) >= 11 is 6.18. The van der Waals surface area contributed by atoms with Gasteiger partial charge in [0, 0.05) is 12.6 Å². The minimum Gasteiger partial charge on any atom is -0.493 e. The monoisotopic (exact) mass is 310 g/mol. The van der Waals surface area contributed by atoms with Gasteiger partial charge in [-0.25, -0.2) is 0 Å². The summed E-state index contributed by atoms with van der Waals surface area (Å²) in [5, 5.41) is 14.4. The van der Waals surface area contributed by atoms with Crippen LogP contribution in [0.5, 0.6) is 11.5 Å². The van der Waals surface area contributed by atoms with Gasteiger partial charge in [-0.15, -0.1) is 0 Å². The van der Waals surface area contributed by atoms with Crippen LogP contribution in [-0.4, -0.2) is 22.0 Å². The number of aliphatic hydroxyl groups is 1. The third-order valence-electron chi connectivity index (χ3n) is 3.31. The molecule has 1 aromatic carbocycles. The van der Waals surface area contributed by atoms with Crippen LogP contribution in [0.1, 0.15) is 29.8 Å². The number of ether oxygens (including phenoxy) is 2. The SMILES string of the molecule is COc1cc([C@@H](C)O)ccc1OCc1c(C)nn(C)c1Cl. The molecule has 5 nitrogen and oxygen atoms in total. The second-order valence-electron chi connectivity index (χ2n) is 4.85. The number of hydrogen-bond donors (Lipinski definition) is 1. The highest BCUT2D eigenvalue weighted by Crippen LogP contribution is 2.31. The van der Waals surface area contributed by atoms with Crippen molar-refractivity contribution in [3.8, 4) is 11.5 Å². The summed E-state index contributed by atoms with van der Waals surface area (Å²) in [5.74, 6) is 1.17. The van der Waals surface area contributed by atoms with Gasteiger partial charge in [-0.2, -0.15) is 5.10 Å². The number of benzene rings is 1. The van der Waals surface area contributed by atoms with Crippen molar-refractivity contribution in [1.29, 1.82) is 0 Å². The van der Waals surface area contributed by atoms with Crippen LogP contribution in [0.2, 0.25) is 5.15 Å². The molecule has 2 rings (SSSR count). The number of nitrogens with zero attached hydrogens (tertiary/aromatic N) is 2. The first-order chi connectivity index (χ1) is 9.93. The second-order valence-corrected chi connectivity index (χ2v) is 5.21. The first-order valence-corrected chi connectivity index (χ1v) is 6.98. The van der Waals surface area contributed by atoms with Crippen molar-refractivity contribution in [1.82, 2.24) is 9.78 Å². The summed E-state index contributed by atoms with van der Waals surface area (Å²) in [5.41, 5.74) is 2.46. The Balaban J connectivity index is 2.20. The molecule has 0 aliphatic carbocycles. The molecule has 0 saturated heterocycles. The lowest BCUT2D eigenvalue weighted by molar-refractivity contribution is 0.198. The van der Waals surface area contributed by atoms with Gasteiger partial charge in [-0.1, -0.05) is 17.7 Å². The third kappa shape index (κ3) is 3.31. The Hall–Kier alpha value is -1.72. The molecule has 1 N–H and O–H groups in total. The first-order valence-electron chi connectivity index (χ1n) is 6.60. The fourth-order valence-corrected chi connectivity index (χ4v) is 2.28. The minimum absolute atomic E-state index is 0.308. The number of halogens is 1. The zero-order chi connectivity index (χ0) is 15.6. The lowest BCUT2D eigenvalue weighted by Gasteiger charge is -2.13. The van der Waals surface area contributed by atoms with Gasteiger partial charge >= 0.3 is 0 Å². The zero-order valence-electron chi connectivity index (χ0n) is 12.6. The quantitative estimate of drug-likeness (QED) is 0.922. The first kappa shape index (κ1) is 15.7. The molecule has 21 heavy (non-hydrogen) atoms. The van der Waals surface area contributed by atoms with Crippen molar-refractivity contribution in [2.24, 2.45) is 7.05 Å². The van der Waals surface area contributed by atoms with Crippen LogP contribution in [0.3, 0.4) is 0 Å². The standard InChI is InChI=1S/C15H19ClN2O3/c1-9-12(15(16)18(3)17-9)8-21-13-6-5-11(10(2)19)7-14(13)20-4/h5-7,10,19H,8H2,1-4H3/t10-/m1/s1. The Morgan fingerprint density at radius 2 is 2.10 bits per heavy atom. The van der Waals surface area contributed by atoms with Crippen LogP contribution < -0.4 is 9.47 Å². The molecule has 0 amide bonds. The molecule has 0 bridgehead atoms. The van der Waals surface area contributed by atoms with Gasteiger partial charge in [-0.05, 0) is 31.5 Å². The number of rotatable bonds is 5. The molecule has 0 aliphatic rings. The van der Waals surface area contributed by atoms with Gasteiger partial charge in [-0.3, -0.25) is 4.68 Å². The van der Waals surface area contributed by atoms with E-state index in [9.17, 15) is 5.11 Å². The Bertz CT molecular complexity index is 638. The number of aryl methyl sites for hydroxylation is 2. The lowest BCUT2D eigenvalue weighted by Crippen LogP contribution is -2.00. The van der Waals surface area contributed by atoms with Crippen LogP contribution in [-0.2, 0) is 13.7 Å². The maximum Gasteiger partial charge on any atom is 0.161 e. The van der Waals surface area contributed by atoms with Gasteiger partial charge in [0.05, 0.1) is 18.9 Å². The molecular formula is C15H19ClN2O3. The highest BCUT2D eigenvalue weighted by atomic mass is 35.5. The van der Waals surface area contributed by atoms with Crippen LogP contribution >= 0.6 is 11.6 Å². The molecule has 1 atom stereocenters. The summed E-state index contributed by atoms with van der Waals surface area (Å²) < 4.78 is 12.7. The summed E-state index contributed by atoms with van der Waals surface area (Å²) in [6.07, 6.45) is -0.553. The van der Waals surface area contributed by atoms with Gasteiger partial charge in [0.2, 0.25) is 0 Å². The molecule has 0 aliphatic heterocycles. The predicted octanol–water partition coefficient (Wildman–Crippen LogP) is 3.02. The molecule has 0 unspecified atom stereocenters. The largest absolute Gasteiger partial charge is 0.493 e. The van der Waals surface area contributed by atoms with E-state index in [0.717, 1.165) is 16.8 Å². The van der Waals surface area contributed by atoms with Gasteiger partial charge in [0.15, 0.2) is 11.5 Å². The molecule has 0 spiro atoms. The van der Waals surface area contributed by atoms with Gasteiger partial charge < -0.3 is 14.6 Å². The van der Waals surface area contributed by atoms with Crippen molar-refractivity contribution in [3.63, 3.8) is 0 Å². The van der Waals surface area contributed by atoms with E-state index in [1.165, 1.54) is 0 Å². The summed E-state index contributed by atoms with van der Waals surface area (Å²) in [4.78, 5) is 0. The Morgan fingerprint density at radius 1 is 1.38 bits per heavy atom. The van der Waals surface area contributed by atoms with E-state index in [4.69, 9.17) is 21.1 Å². The highest BCUT2D eigenvalue weighted by molar-refractivity contribution is 6.30. The topological polar surface area (TPSA) is 56.5 Å². The van der Waals surface area contributed by atoms with E-state index in [-0.39, 0.29) is 0 Å². The van der Waals surface area contributed by atoms with E-state index in [0.29, 0.717) is 23.3 Å². The Kier molecular flexibility index (Phi) is 4.75. The fourth-order valence-electron chi connectivity index (χ4n) is 2.05. The van der Waals surface area contributed by atoms with Gasteiger partial charge in [0.1, 0.15) is 11.8 Å². The molecule has 2 aromatic rings. The van der Waals surface area contributed by atoms with Crippen LogP contribution in [0, 0.1) is 6.92 Å². The highest BCUT2D eigenvalue weighted by Gasteiger charge is 2.14. The summed E-state index contributed by atoms with van der Waals surface area (Å²) in [6, 6.07) is 5.35. The van der Waals surface area contributed by atoms with E-state index in [1.807, 2.05) is 6.92 Å². The maximum atomic E-state index is 9.59. The zero-order valence-corrected chi connectivity index (χ0v) is 13.3. The molecule has 1 heterocycles.